The second kappa shape index (κ2) is 3.78. The van der Waals surface area contributed by atoms with Gasteiger partial charge in [0.1, 0.15) is 5.75 Å². The minimum atomic E-state index is 0.220. The van der Waals surface area contributed by atoms with Gasteiger partial charge in [0.15, 0.2) is 5.82 Å². The van der Waals surface area contributed by atoms with E-state index < -0.39 is 0 Å². The summed E-state index contributed by atoms with van der Waals surface area (Å²) in [6, 6.07) is 6.98. The van der Waals surface area contributed by atoms with Crippen molar-refractivity contribution in [3.8, 4) is 11.4 Å². The third-order valence-electron chi connectivity index (χ3n) is 2.92. The highest BCUT2D eigenvalue weighted by Gasteiger charge is 2.20. The zero-order valence-electron chi connectivity index (χ0n) is 9.26. The van der Waals surface area contributed by atoms with Crippen LogP contribution in [0.1, 0.15) is 11.3 Å². The van der Waals surface area contributed by atoms with Gasteiger partial charge in [-0.25, -0.2) is 4.68 Å². The van der Waals surface area contributed by atoms with Crippen molar-refractivity contribution in [1.82, 2.24) is 9.78 Å². The third kappa shape index (κ3) is 1.64. The Labute approximate surface area is 98.4 Å². The van der Waals surface area contributed by atoms with Crippen LogP contribution in [-0.2, 0) is 17.8 Å². The Kier molecular flexibility index (Phi) is 2.26. The molecule has 3 rings (SSSR count). The molecule has 1 aromatic carbocycles. The van der Waals surface area contributed by atoms with E-state index in [2.05, 4.69) is 5.10 Å². The summed E-state index contributed by atoms with van der Waals surface area (Å²) in [5.41, 5.74) is 8.71. The number of nitrogens with zero attached hydrogens (tertiary/aromatic N) is 2. The normalized spacial score (nSPS) is 14.6. The molecule has 1 aliphatic rings. The summed E-state index contributed by atoms with van der Waals surface area (Å²) in [6.45, 7) is 1.19. The molecular formula is C12H13N3O2. The minimum Gasteiger partial charge on any atom is -0.508 e. The van der Waals surface area contributed by atoms with Crippen molar-refractivity contribution in [2.45, 2.75) is 13.0 Å². The highest BCUT2D eigenvalue weighted by Crippen LogP contribution is 2.26. The third-order valence-corrected chi connectivity index (χ3v) is 2.92. The quantitative estimate of drug-likeness (QED) is 0.774. The first-order chi connectivity index (χ1) is 8.25. The molecule has 17 heavy (non-hydrogen) atoms. The van der Waals surface area contributed by atoms with E-state index in [9.17, 15) is 5.11 Å². The molecular weight excluding hydrogens is 218 g/mol. The molecule has 0 bridgehead atoms. The van der Waals surface area contributed by atoms with Gasteiger partial charge in [-0.1, -0.05) is 6.07 Å². The molecule has 0 atom stereocenters. The van der Waals surface area contributed by atoms with Crippen molar-refractivity contribution < 1.29 is 9.84 Å². The number of nitrogen functional groups attached to an aromatic ring is 1. The van der Waals surface area contributed by atoms with Crippen LogP contribution < -0.4 is 5.73 Å². The fourth-order valence-corrected chi connectivity index (χ4v) is 2.10. The first kappa shape index (κ1) is 10.2. The van der Waals surface area contributed by atoms with Gasteiger partial charge in [-0.3, -0.25) is 0 Å². The van der Waals surface area contributed by atoms with Gasteiger partial charge in [0.25, 0.3) is 0 Å². The van der Waals surface area contributed by atoms with Crippen LogP contribution >= 0.6 is 0 Å². The van der Waals surface area contributed by atoms with Gasteiger partial charge in [-0.05, 0) is 12.1 Å². The summed E-state index contributed by atoms with van der Waals surface area (Å²) < 4.78 is 7.15. The van der Waals surface area contributed by atoms with Crippen LogP contribution in [0.15, 0.2) is 24.3 Å². The second-order valence-corrected chi connectivity index (χ2v) is 4.04. The van der Waals surface area contributed by atoms with E-state index in [0.717, 1.165) is 23.4 Å². The molecule has 0 saturated carbocycles. The van der Waals surface area contributed by atoms with Crippen molar-refractivity contribution in [1.29, 1.82) is 0 Å². The number of hydrogen-bond acceptors (Lipinski definition) is 4. The second-order valence-electron chi connectivity index (χ2n) is 4.04. The largest absolute Gasteiger partial charge is 0.508 e. The van der Waals surface area contributed by atoms with Gasteiger partial charge < -0.3 is 15.6 Å². The van der Waals surface area contributed by atoms with Crippen LogP contribution in [0.4, 0.5) is 5.82 Å². The van der Waals surface area contributed by atoms with E-state index in [1.807, 2.05) is 6.07 Å². The minimum absolute atomic E-state index is 0.220. The molecule has 5 nitrogen and oxygen atoms in total. The first-order valence-electron chi connectivity index (χ1n) is 5.49. The molecule has 0 aliphatic carbocycles. The topological polar surface area (TPSA) is 73.3 Å². The van der Waals surface area contributed by atoms with Crippen molar-refractivity contribution in [3.63, 3.8) is 0 Å². The Balaban J connectivity index is 2.15. The Hall–Kier alpha value is -2.01. The lowest BCUT2D eigenvalue weighted by atomic mass is 10.1. The monoisotopic (exact) mass is 231 g/mol. The molecule has 2 aromatic rings. The molecule has 2 heterocycles. The molecule has 0 spiro atoms. The number of phenols is 1. The molecule has 0 unspecified atom stereocenters. The van der Waals surface area contributed by atoms with Gasteiger partial charge in [0, 0.05) is 18.1 Å². The zero-order valence-corrected chi connectivity index (χ0v) is 9.26. The molecule has 5 heteroatoms. The lowest BCUT2D eigenvalue weighted by molar-refractivity contribution is 0.110. The lowest BCUT2D eigenvalue weighted by Gasteiger charge is -2.14. The SMILES string of the molecule is Nc1nn(-c2cccc(O)c2)c2c1COCC2. The molecule has 3 N–H and O–H groups in total. The summed E-state index contributed by atoms with van der Waals surface area (Å²) in [7, 11) is 0. The number of rotatable bonds is 1. The predicted octanol–water partition coefficient (Wildman–Crippen LogP) is 1.23. The van der Waals surface area contributed by atoms with Crippen LogP contribution in [0.3, 0.4) is 0 Å². The van der Waals surface area contributed by atoms with Crippen LogP contribution in [0, 0.1) is 0 Å². The smallest absolute Gasteiger partial charge is 0.151 e. The van der Waals surface area contributed by atoms with Gasteiger partial charge >= 0.3 is 0 Å². The molecule has 0 fully saturated rings. The van der Waals surface area contributed by atoms with Gasteiger partial charge in [0.2, 0.25) is 0 Å². The van der Waals surface area contributed by atoms with E-state index in [4.69, 9.17) is 10.5 Å². The lowest BCUT2D eigenvalue weighted by Crippen LogP contribution is -2.13. The van der Waals surface area contributed by atoms with E-state index >= 15 is 0 Å². The predicted molar refractivity (Wildman–Crippen MR) is 63.0 cm³/mol. The summed E-state index contributed by atoms with van der Waals surface area (Å²) >= 11 is 0. The number of phenolic OH excluding ortho intramolecular Hbond substituents is 1. The highest BCUT2D eigenvalue weighted by atomic mass is 16.5. The summed E-state index contributed by atoms with van der Waals surface area (Å²) in [6.07, 6.45) is 0.787. The number of benzene rings is 1. The zero-order chi connectivity index (χ0) is 11.8. The van der Waals surface area contributed by atoms with Crippen LogP contribution in [0.2, 0.25) is 0 Å². The Bertz CT molecular complexity index is 563. The fourth-order valence-electron chi connectivity index (χ4n) is 2.10. The van der Waals surface area contributed by atoms with Crippen molar-refractivity contribution in [2.24, 2.45) is 0 Å². The van der Waals surface area contributed by atoms with Crippen LogP contribution in [0.5, 0.6) is 5.75 Å². The number of hydrogen-bond donors (Lipinski definition) is 2. The Morgan fingerprint density at radius 2 is 2.29 bits per heavy atom. The molecule has 88 valence electrons. The van der Waals surface area contributed by atoms with Gasteiger partial charge in [-0.15, -0.1) is 0 Å². The van der Waals surface area contributed by atoms with E-state index in [1.54, 1.807) is 22.9 Å². The van der Waals surface area contributed by atoms with Crippen molar-refractivity contribution >= 4 is 5.82 Å². The Morgan fingerprint density at radius 1 is 1.41 bits per heavy atom. The standard InChI is InChI=1S/C12H13N3O2/c13-12-10-7-17-5-4-11(10)15(14-12)8-2-1-3-9(16)6-8/h1-3,6,16H,4-5,7H2,(H2,13,14). The summed E-state index contributed by atoms with van der Waals surface area (Å²) in [4.78, 5) is 0. The maximum Gasteiger partial charge on any atom is 0.151 e. The maximum absolute atomic E-state index is 9.49. The number of nitrogens with two attached hydrogens (primary N) is 1. The average Bonchev–Trinajstić information content (AvgIpc) is 2.68. The number of aromatic hydroxyl groups is 1. The van der Waals surface area contributed by atoms with Gasteiger partial charge in [0.05, 0.1) is 24.6 Å². The van der Waals surface area contributed by atoms with Crippen LogP contribution in [-0.4, -0.2) is 21.5 Å². The van der Waals surface area contributed by atoms with Crippen LogP contribution in [0.25, 0.3) is 5.69 Å². The first-order valence-corrected chi connectivity index (χ1v) is 5.49. The maximum atomic E-state index is 9.49. The number of anilines is 1. The van der Waals surface area contributed by atoms with Crippen molar-refractivity contribution in [3.05, 3.63) is 35.5 Å². The number of aromatic nitrogens is 2. The molecule has 0 saturated heterocycles. The van der Waals surface area contributed by atoms with Gasteiger partial charge in [-0.2, -0.15) is 5.10 Å². The fraction of sp³-hybridized carbons (Fsp3) is 0.250. The van der Waals surface area contributed by atoms with E-state index in [0.29, 0.717) is 19.0 Å². The molecule has 1 aliphatic heterocycles. The van der Waals surface area contributed by atoms with E-state index in [-0.39, 0.29) is 5.75 Å². The van der Waals surface area contributed by atoms with Crippen molar-refractivity contribution in [2.75, 3.05) is 12.3 Å². The molecule has 1 aromatic heterocycles. The molecule has 0 radical (unpaired) electrons. The molecule has 0 amide bonds. The van der Waals surface area contributed by atoms with E-state index in [1.165, 1.54) is 0 Å². The number of fused-ring (bicyclic) bond motifs is 1. The summed E-state index contributed by atoms with van der Waals surface area (Å²) in [5, 5.41) is 13.8. The Morgan fingerprint density at radius 3 is 3.12 bits per heavy atom. The number of ether oxygens (including phenoxy) is 1. The summed E-state index contributed by atoms with van der Waals surface area (Å²) in [5.74, 6) is 0.723. The average molecular weight is 231 g/mol. The highest BCUT2D eigenvalue weighted by molar-refractivity contribution is 5.48.